The van der Waals surface area contributed by atoms with E-state index in [1.54, 1.807) is 0 Å². The van der Waals surface area contributed by atoms with Crippen LogP contribution >= 0.6 is 0 Å². The van der Waals surface area contributed by atoms with Crippen LogP contribution in [0.2, 0.25) is 0 Å². The molecule has 1 rings (SSSR count). The second-order valence-electron chi connectivity index (χ2n) is 4.32. The number of alkyl halides is 1. The molecule has 0 radical (unpaired) electrons. The van der Waals surface area contributed by atoms with Crippen molar-refractivity contribution in [3.63, 3.8) is 0 Å². The van der Waals surface area contributed by atoms with E-state index in [9.17, 15) is 22.7 Å². The van der Waals surface area contributed by atoms with Crippen molar-refractivity contribution in [2.45, 2.75) is 37.0 Å². The van der Waals surface area contributed by atoms with E-state index in [2.05, 4.69) is 4.74 Å². The van der Waals surface area contributed by atoms with Crippen molar-refractivity contribution >= 4 is 16.1 Å². The number of esters is 1. The van der Waals surface area contributed by atoms with Crippen LogP contribution in [0.5, 0.6) is 0 Å². The highest BCUT2D eigenvalue weighted by Gasteiger charge is 2.51. The monoisotopic (exact) mass is 286 g/mol. The minimum Gasteiger partial charge on any atom is -0.460 e. The van der Waals surface area contributed by atoms with Crippen LogP contribution in [0.4, 0.5) is 4.39 Å². The maximum atomic E-state index is 13.0. The third-order valence-electron chi connectivity index (χ3n) is 2.80. The molecular formula is C9H15FO7S. The quantitative estimate of drug-likeness (QED) is 0.474. The van der Waals surface area contributed by atoms with Gasteiger partial charge in [-0.25, -0.2) is 4.79 Å². The minimum atomic E-state index is -5.60. The summed E-state index contributed by atoms with van der Waals surface area (Å²) in [6, 6.07) is 0. The highest BCUT2D eigenvalue weighted by molar-refractivity contribution is 7.87. The predicted octanol–water partition coefficient (Wildman–Crippen LogP) is -0.416. The van der Waals surface area contributed by atoms with E-state index in [1.165, 1.54) is 0 Å². The minimum absolute atomic E-state index is 0.227. The van der Waals surface area contributed by atoms with Crippen LogP contribution in [0, 0.1) is 5.92 Å². The fraction of sp³-hybridized carbons (Fsp3) is 0.889. The number of carbonyl (C=O) groups excluding carboxylic acids is 1. The van der Waals surface area contributed by atoms with Crippen LogP contribution in [-0.2, 0) is 19.6 Å². The van der Waals surface area contributed by atoms with Crippen molar-refractivity contribution in [3.05, 3.63) is 0 Å². The van der Waals surface area contributed by atoms with Gasteiger partial charge in [-0.2, -0.15) is 12.8 Å². The van der Waals surface area contributed by atoms with Gasteiger partial charge < -0.3 is 14.9 Å². The first-order valence-corrected chi connectivity index (χ1v) is 6.82. The van der Waals surface area contributed by atoms with Crippen molar-refractivity contribution in [2.24, 2.45) is 5.92 Å². The lowest BCUT2D eigenvalue weighted by Gasteiger charge is -2.25. The molecule has 3 N–H and O–H groups in total. The predicted molar refractivity (Wildman–Crippen MR) is 56.5 cm³/mol. The lowest BCUT2D eigenvalue weighted by atomic mass is 9.88. The van der Waals surface area contributed by atoms with Gasteiger partial charge in [-0.05, 0) is 25.2 Å². The molecule has 0 amide bonds. The summed E-state index contributed by atoms with van der Waals surface area (Å²) in [6.07, 6.45) is 1.79. The summed E-state index contributed by atoms with van der Waals surface area (Å²) in [5.74, 6) is -2.31. The summed E-state index contributed by atoms with van der Waals surface area (Å²) in [6.45, 7) is -0.322. The number of carbonyl (C=O) groups is 1. The molecule has 7 nitrogen and oxygen atoms in total. The van der Waals surface area contributed by atoms with Gasteiger partial charge in [0.2, 0.25) is 0 Å². The van der Waals surface area contributed by atoms with Crippen LogP contribution < -0.4 is 0 Å². The average Bonchev–Trinajstić information content (AvgIpc) is 2.24. The highest BCUT2D eigenvalue weighted by atomic mass is 32.2. The highest BCUT2D eigenvalue weighted by Crippen LogP contribution is 2.25. The Labute approximate surface area is 103 Å². The van der Waals surface area contributed by atoms with Crippen molar-refractivity contribution < 1.29 is 37.1 Å². The molecule has 0 aliphatic heterocycles. The van der Waals surface area contributed by atoms with E-state index in [1.807, 2.05) is 0 Å². The summed E-state index contributed by atoms with van der Waals surface area (Å²) < 4.78 is 46.4. The Hall–Kier alpha value is -0.770. The van der Waals surface area contributed by atoms with Gasteiger partial charge in [0.1, 0.15) is 0 Å². The summed E-state index contributed by atoms with van der Waals surface area (Å²) >= 11 is 0. The standard InChI is InChI=1S/C9H15FO7S/c10-9(13,18(14,15)16)8(12)17-5-6-2-1-3-7(11)4-6/h6-7,11,13H,1-5H2,(H,14,15,16). The molecule has 0 aromatic rings. The SMILES string of the molecule is O=C(OCC1CCCC(O)C1)C(O)(F)S(=O)(=O)O. The van der Waals surface area contributed by atoms with E-state index in [-0.39, 0.29) is 12.5 Å². The first-order valence-electron chi connectivity index (χ1n) is 5.38. The Morgan fingerprint density at radius 2 is 2.06 bits per heavy atom. The molecule has 3 unspecified atom stereocenters. The second kappa shape index (κ2) is 5.47. The third-order valence-corrected chi connectivity index (χ3v) is 3.65. The summed E-state index contributed by atoms with van der Waals surface area (Å²) in [5, 5.41) is 13.5. The molecule has 0 aromatic carbocycles. The zero-order valence-electron chi connectivity index (χ0n) is 9.45. The number of ether oxygens (including phenoxy) is 1. The van der Waals surface area contributed by atoms with Gasteiger partial charge in [-0.1, -0.05) is 6.42 Å². The first-order chi connectivity index (χ1) is 8.14. The molecule has 0 heterocycles. The molecule has 0 aromatic heterocycles. The van der Waals surface area contributed by atoms with Crippen molar-refractivity contribution in [2.75, 3.05) is 6.61 Å². The number of aliphatic hydroxyl groups excluding tert-OH is 1. The number of rotatable bonds is 4. The van der Waals surface area contributed by atoms with Gasteiger partial charge in [0.05, 0.1) is 12.7 Å². The largest absolute Gasteiger partial charge is 0.460 e. The third kappa shape index (κ3) is 3.61. The Bertz CT molecular complexity index is 405. The molecule has 0 spiro atoms. The van der Waals surface area contributed by atoms with Crippen molar-refractivity contribution in [3.8, 4) is 0 Å². The lowest BCUT2D eigenvalue weighted by molar-refractivity contribution is -0.172. The smallest absolute Gasteiger partial charge is 0.431 e. The molecule has 1 fully saturated rings. The number of aliphatic hydroxyl groups is 2. The molecule has 1 aliphatic rings. The maximum Gasteiger partial charge on any atom is 0.431 e. The van der Waals surface area contributed by atoms with Crippen LogP contribution in [0.1, 0.15) is 25.7 Å². The lowest BCUT2D eigenvalue weighted by Crippen LogP contribution is -2.43. The second-order valence-corrected chi connectivity index (χ2v) is 5.81. The van der Waals surface area contributed by atoms with Crippen LogP contribution in [0.25, 0.3) is 0 Å². The van der Waals surface area contributed by atoms with Gasteiger partial charge in [0.15, 0.2) is 0 Å². The fourth-order valence-electron chi connectivity index (χ4n) is 1.80. The Kier molecular flexibility index (Phi) is 4.65. The van der Waals surface area contributed by atoms with Gasteiger partial charge in [0, 0.05) is 0 Å². The van der Waals surface area contributed by atoms with Gasteiger partial charge in [0.25, 0.3) is 0 Å². The Morgan fingerprint density at radius 1 is 1.44 bits per heavy atom. The van der Waals surface area contributed by atoms with Gasteiger partial charge >= 0.3 is 21.3 Å². The summed E-state index contributed by atoms with van der Waals surface area (Å²) in [5.41, 5.74) is 0. The average molecular weight is 286 g/mol. The van der Waals surface area contributed by atoms with E-state index < -0.39 is 27.4 Å². The van der Waals surface area contributed by atoms with Crippen LogP contribution in [-0.4, -0.2) is 47.1 Å². The Morgan fingerprint density at radius 3 is 2.56 bits per heavy atom. The number of hydrogen-bond donors (Lipinski definition) is 3. The number of hydrogen-bond acceptors (Lipinski definition) is 6. The van der Waals surface area contributed by atoms with Crippen LogP contribution in [0.3, 0.4) is 0 Å². The molecule has 106 valence electrons. The molecule has 1 saturated carbocycles. The van der Waals surface area contributed by atoms with E-state index in [4.69, 9.17) is 9.66 Å². The zero-order chi connectivity index (χ0) is 14.0. The maximum absolute atomic E-state index is 13.0. The molecule has 0 bridgehead atoms. The summed E-state index contributed by atoms with van der Waals surface area (Å²) in [4.78, 5) is 11.0. The normalized spacial score (nSPS) is 28.4. The van der Waals surface area contributed by atoms with E-state index in [0.717, 1.165) is 0 Å². The van der Waals surface area contributed by atoms with E-state index in [0.29, 0.717) is 25.7 Å². The van der Waals surface area contributed by atoms with Crippen molar-refractivity contribution in [1.29, 1.82) is 0 Å². The van der Waals surface area contributed by atoms with Crippen molar-refractivity contribution in [1.82, 2.24) is 0 Å². The topological polar surface area (TPSA) is 121 Å². The van der Waals surface area contributed by atoms with Gasteiger partial charge in [-0.15, -0.1) is 0 Å². The van der Waals surface area contributed by atoms with Gasteiger partial charge in [-0.3, -0.25) is 4.55 Å². The number of halogens is 1. The molecular weight excluding hydrogens is 271 g/mol. The molecule has 3 atom stereocenters. The summed E-state index contributed by atoms with van der Waals surface area (Å²) in [7, 11) is -5.60. The molecule has 18 heavy (non-hydrogen) atoms. The molecule has 0 saturated heterocycles. The Balaban J connectivity index is 2.51. The fourth-order valence-corrected chi connectivity index (χ4v) is 2.07. The van der Waals surface area contributed by atoms with E-state index >= 15 is 0 Å². The first kappa shape index (κ1) is 15.3. The van der Waals surface area contributed by atoms with Crippen LogP contribution in [0.15, 0.2) is 0 Å². The molecule has 9 heteroatoms. The molecule has 1 aliphatic carbocycles. The zero-order valence-corrected chi connectivity index (χ0v) is 10.3.